The molecule has 0 amide bonds. The molecule has 2 aromatic heterocycles. The highest BCUT2D eigenvalue weighted by Crippen LogP contribution is 2.37. The van der Waals surface area contributed by atoms with Gasteiger partial charge in [-0.3, -0.25) is 4.40 Å². The lowest BCUT2D eigenvalue weighted by molar-refractivity contribution is 0.396. The van der Waals surface area contributed by atoms with Crippen molar-refractivity contribution in [2.75, 3.05) is 14.2 Å². The zero-order valence-electron chi connectivity index (χ0n) is 11.0. The molecule has 2 heterocycles. The van der Waals surface area contributed by atoms with Crippen LogP contribution in [0, 0.1) is 0 Å². The van der Waals surface area contributed by atoms with Crippen LogP contribution in [-0.2, 0) is 0 Å². The van der Waals surface area contributed by atoms with Gasteiger partial charge in [-0.15, -0.1) is 10.2 Å². The number of aromatic nitrogens is 3. The number of methoxy groups -OCH3 is 2. The van der Waals surface area contributed by atoms with Gasteiger partial charge in [0.05, 0.1) is 19.2 Å². The zero-order valence-corrected chi connectivity index (χ0v) is 11.8. The van der Waals surface area contributed by atoms with E-state index in [4.69, 9.17) is 21.1 Å². The van der Waals surface area contributed by atoms with Crippen molar-refractivity contribution in [2.45, 2.75) is 0 Å². The van der Waals surface area contributed by atoms with Crippen molar-refractivity contribution in [1.82, 2.24) is 14.6 Å². The van der Waals surface area contributed by atoms with Crippen molar-refractivity contribution in [3.63, 3.8) is 0 Å². The van der Waals surface area contributed by atoms with Crippen molar-refractivity contribution in [2.24, 2.45) is 0 Å². The Morgan fingerprint density at radius 2 is 1.70 bits per heavy atom. The molecule has 0 fully saturated rings. The Morgan fingerprint density at radius 1 is 1.00 bits per heavy atom. The summed E-state index contributed by atoms with van der Waals surface area (Å²) < 4.78 is 12.6. The number of ether oxygens (including phenoxy) is 2. The summed E-state index contributed by atoms with van der Waals surface area (Å²) in [5.74, 6) is 1.95. The maximum Gasteiger partial charge on any atom is 0.179 e. The van der Waals surface area contributed by atoms with Crippen molar-refractivity contribution in [3.05, 3.63) is 41.6 Å². The number of fused-ring (bicyclic) bond motifs is 1. The Hall–Kier alpha value is -2.27. The third-order valence-corrected chi connectivity index (χ3v) is 3.33. The van der Waals surface area contributed by atoms with Gasteiger partial charge in [-0.25, -0.2) is 0 Å². The molecule has 0 saturated carbocycles. The van der Waals surface area contributed by atoms with Gasteiger partial charge in [0.2, 0.25) is 0 Å². The first-order valence-corrected chi connectivity index (χ1v) is 6.34. The highest BCUT2D eigenvalue weighted by Gasteiger charge is 2.18. The number of halogens is 1. The monoisotopic (exact) mass is 289 g/mol. The quantitative estimate of drug-likeness (QED) is 0.743. The summed E-state index contributed by atoms with van der Waals surface area (Å²) >= 11 is 6.12. The molecule has 5 nitrogen and oxygen atoms in total. The Bertz CT molecular complexity index is 748. The van der Waals surface area contributed by atoms with Crippen LogP contribution in [0.4, 0.5) is 0 Å². The molecule has 0 N–H and O–H groups in total. The van der Waals surface area contributed by atoms with Crippen LogP contribution in [0.3, 0.4) is 0 Å². The predicted molar refractivity (Wildman–Crippen MR) is 76.5 cm³/mol. The van der Waals surface area contributed by atoms with Gasteiger partial charge in [-0.1, -0.05) is 17.7 Å². The first kappa shape index (κ1) is 12.7. The molecule has 1 aromatic carbocycles. The molecular weight excluding hydrogens is 278 g/mol. The summed E-state index contributed by atoms with van der Waals surface area (Å²) in [6, 6.07) is 9.17. The lowest BCUT2D eigenvalue weighted by Crippen LogP contribution is -1.96. The molecule has 0 aliphatic carbocycles. The Kier molecular flexibility index (Phi) is 3.20. The molecule has 0 bridgehead atoms. The van der Waals surface area contributed by atoms with Gasteiger partial charge < -0.3 is 9.47 Å². The van der Waals surface area contributed by atoms with Crippen LogP contribution in [0.25, 0.3) is 17.0 Å². The van der Waals surface area contributed by atoms with Gasteiger partial charge in [0.25, 0.3) is 0 Å². The van der Waals surface area contributed by atoms with E-state index in [0.29, 0.717) is 28.0 Å². The third kappa shape index (κ3) is 1.87. The lowest BCUT2D eigenvalue weighted by Gasteiger charge is -2.11. The molecule has 20 heavy (non-hydrogen) atoms. The van der Waals surface area contributed by atoms with Crippen molar-refractivity contribution >= 4 is 17.2 Å². The van der Waals surface area contributed by atoms with E-state index in [9.17, 15) is 0 Å². The molecule has 0 aliphatic heterocycles. The summed E-state index contributed by atoms with van der Waals surface area (Å²) in [4.78, 5) is 0. The SMILES string of the molecule is COc1cccc(OC)c1-c1nnc2c(Cl)cccn12. The zero-order chi connectivity index (χ0) is 14.1. The molecule has 102 valence electrons. The van der Waals surface area contributed by atoms with Crippen molar-refractivity contribution < 1.29 is 9.47 Å². The highest BCUT2D eigenvalue weighted by atomic mass is 35.5. The summed E-state index contributed by atoms with van der Waals surface area (Å²) in [6.07, 6.45) is 1.85. The lowest BCUT2D eigenvalue weighted by atomic mass is 10.1. The maximum absolute atomic E-state index is 6.12. The van der Waals surface area contributed by atoms with E-state index in [1.165, 1.54) is 0 Å². The van der Waals surface area contributed by atoms with Crippen LogP contribution in [0.5, 0.6) is 11.5 Å². The van der Waals surface area contributed by atoms with Gasteiger partial charge in [0.1, 0.15) is 17.1 Å². The van der Waals surface area contributed by atoms with Crippen LogP contribution in [0.2, 0.25) is 5.02 Å². The van der Waals surface area contributed by atoms with E-state index in [-0.39, 0.29) is 0 Å². The fraction of sp³-hybridized carbons (Fsp3) is 0.143. The molecule has 0 saturated heterocycles. The Balaban J connectivity index is 2.34. The molecule has 0 spiro atoms. The molecule has 0 unspecified atom stereocenters. The number of hydrogen-bond donors (Lipinski definition) is 0. The predicted octanol–water partition coefficient (Wildman–Crippen LogP) is 3.07. The fourth-order valence-electron chi connectivity index (χ4n) is 2.13. The van der Waals surface area contributed by atoms with Crippen LogP contribution < -0.4 is 9.47 Å². The van der Waals surface area contributed by atoms with E-state index >= 15 is 0 Å². The van der Waals surface area contributed by atoms with Crippen LogP contribution in [0.1, 0.15) is 0 Å². The van der Waals surface area contributed by atoms with Gasteiger partial charge in [0.15, 0.2) is 11.5 Å². The van der Waals surface area contributed by atoms with Crippen molar-refractivity contribution in [1.29, 1.82) is 0 Å². The minimum atomic E-state index is 0.542. The minimum Gasteiger partial charge on any atom is -0.496 e. The van der Waals surface area contributed by atoms with E-state index < -0.39 is 0 Å². The van der Waals surface area contributed by atoms with E-state index in [1.54, 1.807) is 20.3 Å². The van der Waals surface area contributed by atoms with E-state index in [0.717, 1.165) is 5.56 Å². The largest absolute Gasteiger partial charge is 0.496 e. The van der Waals surface area contributed by atoms with Gasteiger partial charge in [-0.2, -0.15) is 0 Å². The molecule has 3 aromatic rings. The van der Waals surface area contributed by atoms with Crippen LogP contribution in [0.15, 0.2) is 36.5 Å². The smallest absolute Gasteiger partial charge is 0.179 e. The Labute approximate surface area is 120 Å². The first-order valence-electron chi connectivity index (χ1n) is 5.97. The number of nitrogens with zero attached hydrogens (tertiary/aromatic N) is 3. The number of benzene rings is 1. The second-order valence-electron chi connectivity index (χ2n) is 4.11. The molecule has 0 atom stereocenters. The van der Waals surface area contributed by atoms with E-state index in [1.807, 2.05) is 34.9 Å². The molecule has 3 rings (SSSR count). The maximum atomic E-state index is 6.12. The first-order chi connectivity index (χ1) is 9.76. The second kappa shape index (κ2) is 5.02. The minimum absolute atomic E-state index is 0.542. The number of pyridine rings is 1. The topological polar surface area (TPSA) is 48.7 Å². The number of hydrogen-bond acceptors (Lipinski definition) is 4. The second-order valence-corrected chi connectivity index (χ2v) is 4.52. The summed E-state index contributed by atoms with van der Waals surface area (Å²) in [6.45, 7) is 0. The molecule has 6 heteroatoms. The number of rotatable bonds is 3. The van der Waals surface area contributed by atoms with Gasteiger partial charge in [0, 0.05) is 6.20 Å². The van der Waals surface area contributed by atoms with Crippen LogP contribution >= 0.6 is 11.6 Å². The summed E-state index contributed by atoms with van der Waals surface area (Å²) in [5, 5.41) is 8.87. The van der Waals surface area contributed by atoms with Gasteiger partial charge >= 0.3 is 0 Å². The van der Waals surface area contributed by atoms with E-state index in [2.05, 4.69) is 10.2 Å². The average molecular weight is 290 g/mol. The van der Waals surface area contributed by atoms with Crippen LogP contribution in [-0.4, -0.2) is 28.8 Å². The fourth-order valence-corrected chi connectivity index (χ4v) is 2.33. The third-order valence-electron chi connectivity index (χ3n) is 3.04. The average Bonchev–Trinajstić information content (AvgIpc) is 2.91. The normalized spacial score (nSPS) is 10.8. The highest BCUT2D eigenvalue weighted by molar-refractivity contribution is 6.33. The van der Waals surface area contributed by atoms with Crippen molar-refractivity contribution in [3.8, 4) is 22.9 Å². The standard InChI is InChI=1S/C14H12ClN3O2/c1-19-10-6-3-7-11(20-2)12(10)14-17-16-13-9(15)5-4-8-18(13)14/h3-8H,1-2H3. The van der Waals surface area contributed by atoms with Gasteiger partial charge in [-0.05, 0) is 24.3 Å². The molecular formula is C14H12ClN3O2. The summed E-state index contributed by atoms with van der Waals surface area (Å²) in [7, 11) is 3.21. The molecule has 0 radical (unpaired) electrons. The molecule has 0 aliphatic rings. The Morgan fingerprint density at radius 3 is 2.35 bits per heavy atom. The summed E-state index contributed by atoms with van der Waals surface area (Å²) in [5.41, 5.74) is 1.34.